The summed E-state index contributed by atoms with van der Waals surface area (Å²) in [6.45, 7) is 7.79. The van der Waals surface area contributed by atoms with Gasteiger partial charge in [-0.3, -0.25) is 4.98 Å². The van der Waals surface area contributed by atoms with E-state index in [1.165, 1.54) is 5.56 Å². The van der Waals surface area contributed by atoms with Crippen LogP contribution in [0.3, 0.4) is 0 Å². The Balaban J connectivity index is 1.99. The van der Waals surface area contributed by atoms with Crippen molar-refractivity contribution in [1.82, 2.24) is 4.98 Å². The zero-order valence-electron chi connectivity index (χ0n) is 17.9. The summed E-state index contributed by atoms with van der Waals surface area (Å²) >= 11 is 6.17. The molecule has 5 heteroatoms. The molecule has 0 saturated heterocycles. The van der Waals surface area contributed by atoms with Crippen LogP contribution < -0.4 is 5.73 Å². The van der Waals surface area contributed by atoms with Gasteiger partial charge in [0.15, 0.2) is 0 Å². The number of rotatable bonds is 8. The molecule has 3 aromatic rings. The summed E-state index contributed by atoms with van der Waals surface area (Å²) in [6.07, 6.45) is 2.83. The van der Waals surface area contributed by atoms with Crippen molar-refractivity contribution in [2.24, 2.45) is 0 Å². The number of anilines is 1. The molecular weight excluding hydrogens is 408 g/mol. The molecule has 2 atom stereocenters. The molecule has 2 aromatic carbocycles. The number of nitrogen functional groups attached to an aromatic ring is 1. The van der Waals surface area contributed by atoms with Gasteiger partial charge in [-0.15, -0.1) is 0 Å². The summed E-state index contributed by atoms with van der Waals surface area (Å²) in [5.41, 5.74) is 11.5. The summed E-state index contributed by atoms with van der Waals surface area (Å²) in [5, 5.41) is 0.664. The molecule has 0 spiro atoms. The largest absolute Gasteiger partial charge is 0.398 e. The Bertz CT molecular complexity index is 955. The number of ether oxygens (including phenoxy) is 1. The van der Waals surface area contributed by atoms with Gasteiger partial charge < -0.3 is 10.5 Å². The Labute approximate surface area is 186 Å². The first-order valence-electron chi connectivity index (χ1n) is 10.2. The third-order valence-corrected chi connectivity index (χ3v) is 8.72. The zero-order valence-corrected chi connectivity index (χ0v) is 19.7. The second kappa shape index (κ2) is 9.78. The van der Waals surface area contributed by atoms with E-state index in [1.807, 2.05) is 18.3 Å². The van der Waals surface area contributed by atoms with Crippen molar-refractivity contribution < 1.29 is 4.74 Å². The first-order valence-corrected chi connectivity index (χ1v) is 14.2. The minimum atomic E-state index is -1.54. The second-order valence-electron chi connectivity index (χ2n) is 8.84. The molecular formula is C25H30ClN2OSi. The maximum atomic E-state index is 6.17. The number of pyridine rings is 1. The molecule has 1 radical (unpaired) electrons. The monoisotopic (exact) mass is 437 g/mol. The van der Waals surface area contributed by atoms with E-state index < -0.39 is 8.07 Å². The predicted octanol–water partition coefficient (Wildman–Crippen LogP) is 6.83. The average Bonchev–Trinajstić information content (AvgIpc) is 2.72. The van der Waals surface area contributed by atoms with Crippen LogP contribution in [-0.2, 0) is 11.2 Å². The van der Waals surface area contributed by atoms with Crippen LogP contribution in [-0.4, -0.2) is 19.7 Å². The van der Waals surface area contributed by atoms with E-state index in [4.69, 9.17) is 27.1 Å². The highest BCUT2D eigenvalue weighted by molar-refractivity contribution is 6.77. The zero-order chi connectivity index (χ0) is 21.7. The lowest BCUT2D eigenvalue weighted by Crippen LogP contribution is -2.36. The molecule has 0 aliphatic rings. The summed E-state index contributed by atoms with van der Waals surface area (Å²) in [4.78, 5) is 4.89. The summed E-state index contributed by atoms with van der Waals surface area (Å²) in [7, 11) is 2.13. The number of aromatic nitrogens is 1. The van der Waals surface area contributed by atoms with Crippen molar-refractivity contribution >= 4 is 25.4 Å². The van der Waals surface area contributed by atoms with Crippen LogP contribution >= 0.6 is 11.6 Å². The summed E-state index contributed by atoms with van der Waals surface area (Å²) in [5.74, 6) is 0.256. The van der Waals surface area contributed by atoms with Gasteiger partial charge in [-0.2, -0.15) is 0 Å². The molecule has 0 amide bonds. The number of hydrogen-bond donors (Lipinski definition) is 1. The first-order chi connectivity index (χ1) is 14.3. The maximum absolute atomic E-state index is 6.17. The normalized spacial score (nSPS) is 13.8. The molecule has 157 valence electrons. The Kier molecular flexibility index (Phi) is 7.35. The smallest absolute Gasteiger partial charge is 0.0700 e. The Morgan fingerprint density at radius 1 is 1.07 bits per heavy atom. The minimum Gasteiger partial charge on any atom is -0.398 e. The molecule has 2 unspecified atom stereocenters. The number of nitrogens with two attached hydrogens (primary N) is 1. The Morgan fingerprint density at radius 3 is 2.40 bits per heavy atom. The van der Waals surface area contributed by atoms with E-state index in [9.17, 15) is 0 Å². The first kappa shape index (κ1) is 22.5. The highest BCUT2D eigenvalue weighted by atomic mass is 35.5. The van der Waals surface area contributed by atoms with Gasteiger partial charge in [0.05, 0.1) is 15.2 Å². The van der Waals surface area contributed by atoms with Crippen LogP contribution in [0, 0.1) is 7.11 Å². The van der Waals surface area contributed by atoms with Gasteiger partial charge in [0.2, 0.25) is 0 Å². The molecule has 0 bridgehead atoms. The van der Waals surface area contributed by atoms with Crippen molar-refractivity contribution in [3.05, 3.63) is 90.3 Å². The van der Waals surface area contributed by atoms with Gasteiger partial charge in [-0.1, -0.05) is 67.6 Å². The molecule has 30 heavy (non-hydrogen) atoms. The number of benzene rings is 2. The van der Waals surface area contributed by atoms with E-state index in [1.54, 1.807) is 6.07 Å². The number of hydrogen-bond acceptors (Lipinski definition) is 3. The topological polar surface area (TPSA) is 48.1 Å². The second-order valence-corrected chi connectivity index (χ2v) is 14.8. The Morgan fingerprint density at radius 2 is 1.80 bits per heavy atom. The van der Waals surface area contributed by atoms with Gasteiger partial charge in [-0.05, 0) is 41.8 Å². The maximum Gasteiger partial charge on any atom is 0.0700 e. The van der Waals surface area contributed by atoms with Crippen molar-refractivity contribution in [1.29, 1.82) is 0 Å². The van der Waals surface area contributed by atoms with E-state index >= 15 is 0 Å². The molecule has 2 N–H and O–H groups in total. The van der Waals surface area contributed by atoms with E-state index in [0.29, 0.717) is 22.9 Å². The molecule has 0 aliphatic heterocycles. The fourth-order valence-electron chi connectivity index (χ4n) is 3.98. The molecule has 3 rings (SSSR count). The van der Waals surface area contributed by atoms with E-state index in [2.05, 4.69) is 69.2 Å². The summed E-state index contributed by atoms with van der Waals surface area (Å²) in [6, 6.07) is 20.3. The van der Waals surface area contributed by atoms with Crippen molar-refractivity contribution in [3.8, 4) is 11.1 Å². The fourth-order valence-corrected chi connectivity index (χ4v) is 6.27. The lowest BCUT2D eigenvalue weighted by Gasteiger charge is -2.35. The molecule has 0 fully saturated rings. The number of nitrogens with zero attached hydrogens (tertiary/aromatic N) is 1. The van der Waals surface area contributed by atoms with Crippen LogP contribution in [0.5, 0.6) is 0 Å². The van der Waals surface area contributed by atoms with E-state index in [-0.39, 0.29) is 5.92 Å². The van der Waals surface area contributed by atoms with Crippen LogP contribution in [0.1, 0.15) is 17.2 Å². The SMILES string of the molecule is [CH2]OCC(C(Cc1ccccc1)c1ccc(-c2cc(Cl)ccc2N)cn1)[Si](C)(C)C. The van der Waals surface area contributed by atoms with Crippen LogP contribution in [0.2, 0.25) is 30.2 Å². The van der Waals surface area contributed by atoms with Gasteiger partial charge >= 0.3 is 0 Å². The van der Waals surface area contributed by atoms with Gasteiger partial charge in [-0.25, -0.2) is 0 Å². The molecule has 1 aromatic heterocycles. The minimum absolute atomic E-state index is 0.256. The molecule has 3 nitrogen and oxygen atoms in total. The predicted molar refractivity (Wildman–Crippen MR) is 130 cm³/mol. The third kappa shape index (κ3) is 5.51. The van der Waals surface area contributed by atoms with E-state index in [0.717, 1.165) is 23.2 Å². The van der Waals surface area contributed by atoms with Gasteiger partial charge in [0, 0.05) is 46.3 Å². The van der Waals surface area contributed by atoms with Crippen molar-refractivity contribution in [2.45, 2.75) is 37.5 Å². The molecule has 1 heterocycles. The lowest BCUT2D eigenvalue weighted by molar-refractivity contribution is 0.224. The van der Waals surface area contributed by atoms with Crippen molar-refractivity contribution in [3.63, 3.8) is 0 Å². The van der Waals surface area contributed by atoms with Gasteiger partial charge in [0.25, 0.3) is 0 Å². The molecule has 0 aliphatic carbocycles. The summed E-state index contributed by atoms with van der Waals surface area (Å²) < 4.78 is 5.42. The van der Waals surface area contributed by atoms with Gasteiger partial charge in [0.1, 0.15) is 0 Å². The third-order valence-electron chi connectivity index (χ3n) is 5.69. The lowest BCUT2D eigenvalue weighted by atomic mass is 9.91. The van der Waals surface area contributed by atoms with Crippen LogP contribution in [0.4, 0.5) is 5.69 Å². The number of halogens is 1. The van der Waals surface area contributed by atoms with Crippen LogP contribution in [0.15, 0.2) is 66.9 Å². The standard InChI is InChI=1S/C25H30ClN2OSi/c1-29-17-25(30(2,3)4)22(14-18-8-6-5-7-9-18)24-13-10-19(16-28-24)21-15-20(26)11-12-23(21)27/h5-13,15-16,22,25H,1,14,17,27H2,2-4H3. The molecule has 0 saturated carbocycles. The Hall–Kier alpha value is -2.14. The highest BCUT2D eigenvalue weighted by Gasteiger charge is 2.35. The fraction of sp³-hybridized carbons (Fsp3) is 0.280. The quantitative estimate of drug-likeness (QED) is 0.310. The highest BCUT2D eigenvalue weighted by Crippen LogP contribution is 2.40. The van der Waals surface area contributed by atoms with Crippen molar-refractivity contribution in [2.75, 3.05) is 12.3 Å². The average molecular weight is 438 g/mol. The van der Waals surface area contributed by atoms with Crippen LogP contribution in [0.25, 0.3) is 11.1 Å².